The van der Waals surface area contributed by atoms with Crippen LogP contribution in [0, 0.1) is 0 Å². The number of hydrogen-bond acceptors (Lipinski definition) is 3. The molecular formula is C13H14N2O2. The Kier molecular flexibility index (Phi) is 3.25. The number of pyridine rings is 1. The lowest BCUT2D eigenvalue weighted by molar-refractivity contribution is 0.414. The Labute approximate surface area is 99.3 Å². The zero-order valence-corrected chi connectivity index (χ0v) is 9.59. The number of benzene rings is 1. The summed E-state index contributed by atoms with van der Waals surface area (Å²) in [6.45, 7) is 0.240. The second-order valence-electron chi connectivity index (χ2n) is 3.61. The van der Waals surface area contributed by atoms with E-state index >= 15 is 0 Å². The predicted molar refractivity (Wildman–Crippen MR) is 66.5 cm³/mol. The molecule has 0 unspecified atom stereocenters. The Morgan fingerprint density at radius 3 is 2.82 bits per heavy atom. The lowest BCUT2D eigenvalue weighted by Gasteiger charge is -2.08. The van der Waals surface area contributed by atoms with Crippen molar-refractivity contribution in [1.82, 2.24) is 4.57 Å². The van der Waals surface area contributed by atoms with E-state index in [0.29, 0.717) is 11.3 Å². The van der Waals surface area contributed by atoms with Gasteiger partial charge in [-0.15, -0.1) is 0 Å². The van der Waals surface area contributed by atoms with Crippen molar-refractivity contribution in [2.45, 2.75) is 6.54 Å². The van der Waals surface area contributed by atoms with Crippen molar-refractivity contribution in [2.24, 2.45) is 5.73 Å². The average Bonchev–Trinajstić information content (AvgIpc) is 2.39. The van der Waals surface area contributed by atoms with Crippen molar-refractivity contribution in [3.63, 3.8) is 0 Å². The van der Waals surface area contributed by atoms with E-state index in [2.05, 4.69) is 0 Å². The third kappa shape index (κ3) is 2.21. The van der Waals surface area contributed by atoms with Gasteiger partial charge in [0.15, 0.2) is 0 Å². The quantitative estimate of drug-likeness (QED) is 0.864. The molecule has 0 spiro atoms. The molecule has 2 rings (SSSR count). The molecule has 4 heteroatoms. The van der Waals surface area contributed by atoms with E-state index < -0.39 is 0 Å². The summed E-state index contributed by atoms with van der Waals surface area (Å²) in [7, 11) is 1.60. The van der Waals surface area contributed by atoms with Crippen LogP contribution >= 0.6 is 0 Å². The molecule has 0 aliphatic heterocycles. The minimum atomic E-state index is -0.0942. The van der Waals surface area contributed by atoms with Crippen LogP contribution in [0.15, 0.2) is 47.4 Å². The van der Waals surface area contributed by atoms with E-state index in [9.17, 15) is 4.79 Å². The van der Waals surface area contributed by atoms with Crippen molar-refractivity contribution in [2.75, 3.05) is 7.11 Å². The maximum Gasteiger partial charge on any atom is 0.259 e. The van der Waals surface area contributed by atoms with E-state index in [1.54, 1.807) is 23.9 Å². The second kappa shape index (κ2) is 4.84. The van der Waals surface area contributed by atoms with Crippen LogP contribution in [0.2, 0.25) is 0 Å². The lowest BCUT2D eigenvalue weighted by atomic mass is 10.2. The number of nitrogens with zero attached hydrogens (tertiary/aromatic N) is 1. The van der Waals surface area contributed by atoms with Crippen LogP contribution in [-0.2, 0) is 6.54 Å². The molecule has 1 heterocycles. The molecule has 0 amide bonds. The van der Waals surface area contributed by atoms with E-state index in [1.807, 2.05) is 30.3 Å². The zero-order chi connectivity index (χ0) is 12.3. The van der Waals surface area contributed by atoms with Gasteiger partial charge in [-0.25, -0.2) is 0 Å². The molecule has 0 aliphatic carbocycles. The Bertz CT molecular complexity index is 576. The van der Waals surface area contributed by atoms with Gasteiger partial charge in [-0.1, -0.05) is 12.1 Å². The molecule has 0 atom stereocenters. The van der Waals surface area contributed by atoms with Gasteiger partial charge in [-0.05, 0) is 18.2 Å². The van der Waals surface area contributed by atoms with E-state index in [0.717, 1.165) is 5.69 Å². The first-order valence-electron chi connectivity index (χ1n) is 5.31. The number of nitrogens with two attached hydrogens (primary N) is 1. The number of aromatic nitrogens is 1. The first-order chi connectivity index (χ1) is 8.26. The van der Waals surface area contributed by atoms with E-state index in [4.69, 9.17) is 10.5 Å². The molecule has 0 radical (unpaired) electrons. The van der Waals surface area contributed by atoms with Gasteiger partial charge in [0.05, 0.1) is 12.8 Å². The summed E-state index contributed by atoms with van der Waals surface area (Å²) < 4.78 is 6.69. The largest absolute Gasteiger partial charge is 0.497 e. The van der Waals surface area contributed by atoms with Crippen LogP contribution < -0.4 is 16.0 Å². The zero-order valence-electron chi connectivity index (χ0n) is 9.59. The number of hydrogen-bond donors (Lipinski definition) is 1. The third-order valence-corrected chi connectivity index (χ3v) is 2.58. The molecule has 17 heavy (non-hydrogen) atoms. The number of ether oxygens (including phenoxy) is 1. The van der Waals surface area contributed by atoms with Crippen molar-refractivity contribution in [3.8, 4) is 11.4 Å². The smallest absolute Gasteiger partial charge is 0.259 e. The van der Waals surface area contributed by atoms with Crippen LogP contribution in [-0.4, -0.2) is 11.7 Å². The summed E-state index contributed by atoms with van der Waals surface area (Å²) in [6.07, 6.45) is 1.72. The van der Waals surface area contributed by atoms with Gasteiger partial charge in [0.25, 0.3) is 5.56 Å². The Morgan fingerprint density at radius 2 is 2.12 bits per heavy atom. The minimum absolute atomic E-state index is 0.0942. The highest BCUT2D eigenvalue weighted by atomic mass is 16.5. The van der Waals surface area contributed by atoms with Crippen LogP contribution in [0.3, 0.4) is 0 Å². The summed E-state index contributed by atoms with van der Waals surface area (Å²) >= 11 is 0. The first kappa shape index (κ1) is 11.4. The standard InChI is InChI=1S/C13H14N2O2/c1-17-12-6-2-5-11(8-12)15-7-3-4-10(9-14)13(15)16/h2-8H,9,14H2,1H3. The summed E-state index contributed by atoms with van der Waals surface area (Å²) in [5, 5.41) is 0. The summed E-state index contributed by atoms with van der Waals surface area (Å²) in [6, 6.07) is 10.9. The fraction of sp³-hybridized carbons (Fsp3) is 0.154. The Morgan fingerprint density at radius 1 is 1.29 bits per heavy atom. The SMILES string of the molecule is COc1cccc(-n2cccc(CN)c2=O)c1. The molecule has 1 aromatic heterocycles. The van der Waals surface area contributed by atoms with Gasteiger partial charge >= 0.3 is 0 Å². The van der Waals surface area contributed by atoms with Crippen molar-refractivity contribution >= 4 is 0 Å². The molecule has 0 saturated heterocycles. The van der Waals surface area contributed by atoms with Gasteiger partial charge in [0, 0.05) is 24.4 Å². The highest BCUT2D eigenvalue weighted by Crippen LogP contribution is 2.14. The molecule has 1 aromatic carbocycles. The molecule has 2 aromatic rings. The topological polar surface area (TPSA) is 57.2 Å². The highest BCUT2D eigenvalue weighted by Gasteiger charge is 2.04. The van der Waals surface area contributed by atoms with Gasteiger partial charge in [-0.2, -0.15) is 0 Å². The molecule has 0 fully saturated rings. The van der Waals surface area contributed by atoms with Crippen LogP contribution in [0.25, 0.3) is 5.69 Å². The van der Waals surface area contributed by atoms with Crippen LogP contribution in [0.4, 0.5) is 0 Å². The van der Waals surface area contributed by atoms with Crippen LogP contribution in [0.1, 0.15) is 5.56 Å². The van der Waals surface area contributed by atoms with Gasteiger partial charge < -0.3 is 10.5 Å². The lowest BCUT2D eigenvalue weighted by Crippen LogP contribution is -2.23. The summed E-state index contributed by atoms with van der Waals surface area (Å²) in [5.74, 6) is 0.715. The summed E-state index contributed by atoms with van der Waals surface area (Å²) in [5.41, 5.74) is 6.78. The fourth-order valence-electron chi connectivity index (χ4n) is 1.66. The number of methoxy groups -OCH3 is 1. The third-order valence-electron chi connectivity index (χ3n) is 2.58. The van der Waals surface area contributed by atoms with Crippen LogP contribution in [0.5, 0.6) is 5.75 Å². The average molecular weight is 230 g/mol. The van der Waals surface area contributed by atoms with Crippen molar-refractivity contribution in [1.29, 1.82) is 0 Å². The van der Waals surface area contributed by atoms with Gasteiger partial charge in [-0.3, -0.25) is 9.36 Å². The molecule has 88 valence electrons. The number of rotatable bonds is 3. The van der Waals surface area contributed by atoms with Gasteiger partial charge in [0.2, 0.25) is 0 Å². The Hall–Kier alpha value is -2.07. The molecule has 2 N–H and O–H groups in total. The highest BCUT2D eigenvalue weighted by molar-refractivity contribution is 5.39. The van der Waals surface area contributed by atoms with Gasteiger partial charge in [0.1, 0.15) is 5.75 Å². The second-order valence-corrected chi connectivity index (χ2v) is 3.61. The van der Waals surface area contributed by atoms with Crippen molar-refractivity contribution < 1.29 is 4.74 Å². The molecule has 0 saturated carbocycles. The van der Waals surface area contributed by atoms with E-state index in [-0.39, 0.29) is 12.1 Å². The predicted octanol–water partition coefficient (Wildman–Crippen LogP) is 1.30. The normalized spacial score (nSPS) is 10.2. The first-order valence-corrected chi connectivity index (χ1v) is 5.31. The molecule has 0 bridgehead atoms. The summed E-state index contributed by atoms with van der Waals surface area (Å²) in [4.78, 5) is 12.0. The maximum absolute atomic E-state index is 12.0. The fourth-order valence-corrected chi connectivity index (χ4v) is 1.66. The maximum atomic E-state index is 12.0. The Balaban J connectivity index is 2.56. The minimum Gasteiger partial charge on any atom is -0.497 e. The monoisotopic (exact) mass is 230 g/mol. The van der Waals surface area contributed by atoms with Crippen molar-refractivity contribution in [3.05, 3.63) is 58.5 Å². The molecular weight excluding hydrogens is 216 g/mol. The molecule has 4 nitrogen and oxygen atoms in total. The van der Waals surface area contributed by atoms with E-state index in [1.165, 1.54) is 0 Å². The molecule has 0 aliphatic rings.